The van der Waals surface area contributed by atoms with E-state index in [-0.39, 0.29) is 60.1 Å². The normalized spacial score (nSPS) is 14.1. The second-order valence-corrected chi connectivity index (χ2v) is 46.6. The quantitative estimate of drug-likeness (QED) is 0.143. The molecule has 0 bridgehead atoms. The zero-order valence-electron chi connectivity index (χ0n) is 79.9. The monoisotopic (exact) mass is 1620 g/mol. The molecule has 1 aliphatic carbocycles. The van der Waals surface area contributed by atoms with Gasteiger partial charge in [-0.05, 0) is 249 Å². The molecule has 16 rings (SSSR count). The molecule has 3 heteroatoms. The second-order valence-electron chi connectivity index (χ2n) is 46.6. The third-order valence-corrected chi connectivity index (χ3v) is 26.8. The smallest absolute Gasteiger partial charge is 0.0948 e. The minimum Gasteiger partial charge on any atom is -0.305 e. The lowest BCUT2D eigenvalue weighted by Crippen LogP contribution is -2.32. The first-order valence-electron chi connectivity index (χ1n) is 45.4. The third-order valence-electron chi connectivity index (χ3n) is 26.8. The minimum absolute atomic E-state index is 0.0828. The van der Waals surface area contributed by atoms with Crippen LogP contribution in [0, 0.1) is 0 Å². The summed E-state index contributed by atoms with van der Waals surface area (Å²) in [4.78, 5) is 8.32. The van der Waals surface area contributed by atoms with Gasteiger partial charge in [-0.1, -0.05) is 402 Å². The first-order valence-corrected chi connectivity index (χ1v) is 45.4. The fraction of sp³-hybridized carbons (Fsp3) is 0.350. The number of benzene rings is 13. The summed E-state index contributed by atoms with van der Waals surface area (Å²) in [7, 11) is 0. The Hall–Kier alpha value is -10.7. The molecule has 0 saturated heterocycles. The van der Waals surface area contributed by atoms with Crippen LogP contribution in [-0.4, -0.2) is 0 Å². The summed E-state index contributed by atoms with van der Waals surface area (Å²) in [6.07, 6.45) is 0.851. The standard InChI is InChI=1S/C120H135N3/c1-111(2,3)85-49-39-74(40-50-85)97-70-93(119(25,26)27)71-98(75-41-51-86(52-42-75)112(4,5)6)108(97)122-103-64-78(82-60-89(115(13,14)15)68-90(61-82)116(16,17)18)47-57-101(103)121-102-58-48-79(83-62-91(117(19,20)21)69-92(63-83)118(22,23)24)65-104(102)123(106-67-84(66-105(122)110(106)121)107-95-37-33-31-35-80(95)59-81-36-32-34-38-96(81)107)109-99(76-43-53-87(54-44-76)113(7,8)9)72-94(120(28,29)30)73-100(109)77-45-55-88(56-46-77)114(10,11)12/h31-58,60-73,107H,59H2,1-30H3. The highest BCUT2D eigenvalue weighted by atomic mass is 15.3. The van der Waals surface area contributed by atoms with E-state index < -0.39 is 0 Å². The highest BCUT2D eigenvalue weighted by Gasteiger charge is 2.45. The number of hydrogen-bond donors (Lipinski definition) is 0. The summed E-state index contributed by atoms with van der Waals surface area (Å²) in [5.41, 5.74) is 42.2. The number of hydrogen-bond acceptors (Lipinski definition) is 3. The number of rotatable bonds is 9. The molecular formula is C120H135N3. The lowest BCUT2D eigenvalue weighted by Gasteiger charge is -2.49. The van der Waals surface area contributed by atoms with E-state index in [4.69, 9.17) is 0 Å². The lowest BCUT2D eigenvalue weighted by atomic mass is 9.74. The molecular weight excluding hydrogens is 1480 g/mol. The van der Waals surface area contributed by atoms with Gasteiger partial charge in [0.15, 0.2) is 0 Å². The van der Waals surface area contributed by atoms with E-state index in [1.54, 1.807) is 0 Å². The van der Waals surface area contributed by atoms with Gasteiger partial charge in [-0.3, -0.25) is 0 Å². The van der Waals surface area contributed by atoms with Crippen LogP contribution in [0.4, 0.5) is 51.2 Å². The minimum atomic E-state index is -0.254. The molecule has 3 nitrogen and oxygen atoms in total. The molecule has 123 heavy (non-hydrogen) atoms. The third kappa shape index (κ3) is 16.3. The average Bonchev–Trinajstić information content (AvgIpc) is 0.681. The Labute approximate surface area is 740 Å². The van der Waals surface area contributed by atoms with E-state index in [0.29, 0.717) is 0 Å². The van der Waals surface area contributed by atoms with Crippen LogP contribution in [0.25, 0.3) is 66.8 Å². The molecule has 0 atom stereocenters. The van der Waals surface area contributed by atoms with Crippen molar-refractivity contribution in [3.63, 3.8) is 0 Å². The fourth-order valence-electron chi connectivity index (χ4n) is 18.7. The van der Waals surface area contributed by atoms with Crippen LogP contribution < -0.4 is 14.7 Å². The van der Waals surface area contributed by atoms with Crippen molar-refractivity contribution in [3.8, 4) is 66.8 Å². The first-order chi connectivity index (χ1) is 57.3. The highest BCUT2D eigenvalue weighted by Crippen LogP contribution is 2.68. The zero-order chi connectivity index (χ0) is 88.5. The lowest BCUT2D eigenvalue weighted by molar-refractivity contribution is 0.568. The SMILES string of the molecule is CC(C)(C)c1ccc(-c2cc(C(C)(C)C)cc(-c3ccc(C(C)(C)C)cc3)c2N2c3cc(-c4cc(C(C)(C)C)cc(C(C)(C)C)c4)ccc3N3c4ccc(-c5cc(C(C)(C)C)cc(C(C)(C)C)c5)cc4N(c4c(-c5ccc(C(C)(C)C)cc5)cc(C(C)(C)C)cc4-c4ccc(C(C)(C)C)cc4)c4cc(C5c6ccccc6Cc6ccccc65)cc2c43)cc1. The Bertz CT molecular complexity index is 5660. The van der Waals surface area contributed by atoms with Crippen molar-refractivity contribution in [2.75, 3.05) is 14.7 Å². The van der Waals surface area contributed by atoms with Crippen molar-refractivity contribution in [1.82, 2.24) is 0 Å². The van der Waals surface area contributed by atoms with Crippen molar-refractivity contribution in [1.29, 1.82) is 0 Å². The molecule has 0 spiro atoms. The van der Waals surface area contributed by atoms with Crippen LogP contribution in [0.3, 0.4) is 0 Å². The van der Waals surface area contributed by atoms with Crippen molar-refractivity contribution >= 4 is 51.2 Å². The van der Waals surface area contributed by atoms with Gasteiger partial charge in [0.25, 0.3) is 0 Å². The van der Waals surface area contributed by atoms with Gasteiger partial charge in [-0.15, -0.1) is 0 Å². The summed E-state index contributed by atoms with van der Waals surface area (Å²) in [5, 5.41) is 0. The van der Waals surface area contributed by atoms with Crippen LogP contribution in [0.5, 0.6) is 0 Å². The van der Waals surface area contributed by atoms with Crippen molar-refractivity contribution in [2.45, 2.75) is 274 Å². The van der Waals surface area contributed by atoms with Crippen LogP contribution in [0.15, 0.2) is 255 Å². The Morgan fingerprint density at radius 3 is 0.683 bits per heavy atom. The first kappa shape index (κ1) is 85.8. The Morgan fingerprint density at radius 1 is 0.187 bits per heavy atom. The number of fused-ring (bicyclic) bond motifs is 6. The second kappa shape index (κ2) is 30.0. The molecule has 0 amide bonds. The molecule has 3 aliphatic rings. The molecule has 630 valence electrons. The van der Waals surface area contributed by atoms with Gasteiger partial charge in [0, 0.05) is 28.2 Å². The molecule has 0 unspecified atom stereocenters. The maximum Gasteiger partial charge on any atom is 0.0948 e. The molecule has 0 radical (unpaired) electrons. The summed E-state index contributed by atoms with van der Waals surface area (Å²) in [6.45, 7) is 71.0. The maximum atomic E-state index is 2.80. The Kier molecular flexibility index (Phi) is 20.9. The predicted octanol–water partition coefficient (Wildman–Crippen LogP) is 34.8. The van der Waals surface area contributed by atoms with E-state index in [9.17, 15) is 0 Å². The molecule has 0 fully saturated rings. The summed E-state index contributed by atoms with van der Waals surface area (Å²) in [5.74, 6) is -0.175. The topological polar surface area (TPSA) is 9.72 Å². The molecule has 2 heterocycles. The van der Waals surface area contributed by atoms with Gasteiger partial charge in [-0.25, -0.2) is 0 Å². The molecule has 0 N–H and O–H groups in total. The molecule has 13 aromatic carbocycles. The number of nitrogens with zero attached hydrogens (tertiary/aromatic N) is 3. The molecule has 13 aromatic rings. The van der Waals surface area contributed by atoms with Crippen LogP contribution in [0.1, 0.15) is 297 Å². The molecule has 0 saturated carbocycles. The van der Waals surface area contributed by atoms with E-state index >= 15 is 0 Å². The Morgan fingerprint density at radius 2 is 0.423 bits per heavy atom. The summed E-state index contributed by atoms with van der Waals surface area (Å²) in [6, 6.07) is 103. The van der Waals surface area contributed by atoms with Gasteiger partial charge in [-0.2, -0.15) is 0 Å². The number of anilines is 9. The van der Waals surface area contributed by atoms with Crippen LogP contribution >= 0.6 is 0 Å². The van der Waals surface area contributed by atoms with Crippen molar-refractivity contribution in [3.05, 3.63) is 338 Å². The van der Waals surface area contributed by atoms with E-state index in [2.05, 4.69) is 477 Å². The zero-order valence-corrected chi connectivity index (χ0v) is 79.9. The van der Waals surface area contributed by atoms with Crippen molar-refractivity contribution in [2.24, 2.45) is 0 Å². The van der Waals surface area contributed by atoms with Gasteiger partial charge in [0.2, 0.25) is 0 Å². The van der Waals surface area contributed by atoms with E-state index in [1.165, 1.54) is 117 Å². The summed E-state index contributed by atoms with van der Waals surface area (Å²) >= 11 is 0. The molecule has 2 aliphatic heterocycles. The van der Waals surface area contributed by atoms with E-state index in [1.807, 2.05) is 0 Å². The van der Waals surface area contributed by atoms with E-state index in [0.717, 1.165) is 91.0 Å². The average molecular weight is 1620 g/mol. The maximum absolute atomic E-state index is 2.80. The predicted molar refractivity (Wildman–Crippen MR) is 534 cm³/mol. The van der Waals surface area contributed by atoms with Crippen LogP contribution in [-0.2, 0) is 60.6 Å². The van der Waals surface area contributed by atoms with Gasteiger partial charge >= 0.3 is 0 Å². The van der Waals surface area contributed by atoms with Crippen LogP contribution in [0.2, 0.25) is 0 Å². The largest absolute Gasteiger partial charge is 0.305 e. The Balaban J connectivity index is 1.16. The summed E-state index contributed by atoms with van der Waals surface area (Å²) < 4.78 is 0. The fourth-order valence-corrected chi connectivity index (χ4v) is 18.7. The van der Waals surface area contributed by atoms with Gasteiger partial charge in [0.05, 0.1) is 51.2 Å². The van der Waals surface area contributed by atoms with Gasteiger partial charge in [0.1, 0.15) is 0 Å². The molecule has 0 aromatic heterocycles. The van der Waals surface area contributed by atoms with Gasteiger partial charge < -0.3 is 14.7 Å². The highest BCUT2D eigenvalue weighted by molar-refractivity contribution is 6.17. The van der Waals surface area contributed by atoms with Crippen molar-refractivity contribution < 1.29 is 0 Å².